The normalized spacial score (nSPS) is 15.0. The van der Waals surface area contributed by atoms with Crippen molar-refractivity contribution in [3.05, 3.63) is 102 Å². The summed E-state index contributed by atoms with van der Waals surface area (Å²) in [5.41, 5.74) is 3.26. The molecule has 0 bridgehead atoms. The lowest BCUT2D eigenvalue weighted by atomic mass is 9.94. The fraction of sp³-hybridized carbons (Fsp3) is 0.276. The smallest absolute Gasteiger partial charge is 0.259 e. The van der Waals surface area contributed by atoms with Crippen LogP contribution in [0.15, 0.2) is 85.2 Å². The number of amides is 2. The first-order valence-corrected chi connectivity index (χ1v) is 12.5. The molecule has 184 valence electrons. The van der Waals surface area contributed by atoms with E-state index in [1.165, 1.54) is 0 Å². The first-order valence-electron chi connectivity index (χ1n) is 12.5. The minimum Gasteiger partial charge on any atom is -0.349 e. The van der Waals surface area contributed by atoms with Gasteiger partial charge in [0.05, 0.1) is 17.4 Å². The van der Waals surface area contributed by atoms with Crippen molar-refractivity contribution in [2.24, 2.45) is 5.92 Å². The number of piperidine rings is 1. The van der Waals surface area contributed by atoms with Crippen LogP contribution in [0.2, 0.25) is 0 Å². The Morgan fingerprint density at radius 1 is 0.917 bits per heavy atom. The Labute approximate surface area is 211 Å². The number of aryl methyl sites for hydroxylation is 1. The maximum absolute atomic E-state index is 13.8. The van der Waals surface area contributed by atoms with E-state index in [0.29, 0.717) is 37.2 Å². The first-order chi connectivity index (χ1) is 17.5. The molecule has 0 saturated carbocycles. The number of rotatable bonds is 6. The summed E-state index contributed by atoms with van der Waals surface area (Å²) in [4.78, 5) is 28.6. The summed E-state index contributed by atoms with van der Waals surface area (Å²) < 4.78 is 3.76. The molecule has 0 aliphatic carbocycles. The molecule has 0 radical (unpaired) electrons. The standard InChI is InChI=1S/C29H31N5O2/c1-21(23-11-5-3-6-12-23)30-27(35)24-15-19-33(20-16-24)29(36)26-22(2)31-34(25-13-7-4-8-14-25)28(26)32-17-9-10-18-32/h3-14,17-18,21,24H,15-16,19-20H2,1-2H3,(H,30,35)/t21-/m1/s1. The second kappa shape index (κ2) is 10.2. The molecule has 36 heavy (non-hydrogen) atoms. The fourth-order valence-corrected chi connectivity index (χ4v) is 4.89. The fourth-order valence-electron chi connectivity index (χ4n) is 4.89. The van der Waals surface area contributed by atoms with Gasteiger partial charge in [0.15, 0.2) is 5.82 Å². The molecule has 0 spiro atoms. The Balaban J connectivity index is 1.32. The predicted molar refractivity (Wildman–Crippen MR) is 139 cm³/mol. The first kappa shape index (κ1) is 23.6. The van der Waals surface area contributed by atoms with Crippen molar-refractivity contribution in [1.82, 2.24) is 24.6 Å². The number of hydrogen-bond acceptors (Lipinski definition) is 3. The lowest BCUT2D eigenvalue weighted by Crippen LogP contribution is -2.43. The maximum Gasteiger partial charge on any atom is 0.259 e. The van der Waals surface area contributed by atoms with Gasteiger partial charge < -0.3 is 14.8 Å². The van der Waals surface area contributed by atoms with Gasteiger partial charge in [0.1, 0.15) is 5.56 Å². The molecule has 0 unspecified atom stereocenters. The number of nitrogens with one attached hydrogen (secondary N) is 1. The Morgan fingerprint density at radius 2 is 1.53 bits per heavy atom. The van der Waals surface area contributed by atoms with Crippen LogP contribution < -0.4 is 5.32 Å². The van der Waals surface area contributed by atoms with Crippen molar-refractivity contribution >= 4 is 11.8 Å². The van der Waals surface area contributed by atoms with E-state index in [0.717, 1.165) is 17.1 Å². The van der Waals surface area contributed by atoms with E-state index in [1.807, 2.05) is 113 Å². The molecule has 3 heterocycles. The van der Waals surface area contributed by atoms with E-state index in [-0.39, 0.29) is 23.8 Å². The van der Waals surface area contributed by atoms with Crippen LogP contribution in [0.1, 0.15) is 47.4 Å². The van der Waals surface area contributed by atoms with Crippen LogP contribution in [0.3, 0.4) is 0 Å². The number of carbonyl (C=O) groups excluding carboxylic acids is 2. The maximum atomic E-state index is 13.8. The van der Waals surface area contributed by atoms with Crippen LogP contribution in [0.4, 0.5) is 0 Å². The van der Waals surface area contributed by atoms with Gasteiger partial charge in [0.25, 0.3) is 5.91 Å². The molecule has 7 heteroatoms. The average molecular weight is 482 g/mol. The monoisotopic (exact) mass is 481 g/mol. The highest BCUT2D eigenvalue weighted by Gasteiger charge is 2.32. The minimum atomic E-state index is -0.0997. The molecule has 4 aromatic rings. The van der Waals surface area contributed by atoms with Gasteiger partial charge in [0, 0.05) is 31.4 Å². The molecular formula is C29H31N5O2. The summed E-state index contributed by atoms with van der Waals surface area (Å²) in [6.45, 7) is 4.96. The molecule has 7 nitrogen and oxygen atoms in total. The van der Waals surface area contributed by atoms with Crippen molar-refractivity contribution in [2.75, 3.05) is 13.1 Å². The van der Waals surface area contributed by atoms with Crippen molar-refractivity contribution in [3.63, 3.8) is 0 Å². The zero-order valence-corrected chi connectivity index (χ0v) is 20.7. The van der Waals surface area contributed by atoms with Crippen LogP contribution in [-0.4, -0.2) is 44.2 Å². The SMILES string of the molecule is Cc1nn(-c2ccccc2)c(-n2cccc2)c1C(=O)N1CCC(C(=O)N[C@H](C)c2ccccc2)CC1. The summed E-state index contributed by atoms with van der Waals surface area (Å²) in [6.07, 6.45) is 5.14. The van der Waals surface area contributed by atoms with E-state index in [1.54, 1.807) is 0 Å². The third kappa shape index (κ3) is 4.69. The molecule has 1 N–H and O–H groups in total. The summed E-state index contributed by atoms with van der Waals surface area (Å²) in [6, 6.07) is 23.6. The van der Waals surface area contributed by atoms with Crippen LogP contribution in [0.25, 0.3) is 11.5 Å². The largest absolute Gasteiger partial charge is 0.349 e. The number of aromatic nitrogens is 3. The molecule has 2 aromatic carbocycles. The summed E-state index contributed by atoms with van der Waals surface area (Å²) >= 11 is 0. The highest BCUT2D eigenvalue weighted by molar-refractivity contribution is 5.99. The lowest BCUT2D eigenvalue weighted by molar-refractivity contribution is -0.127. The molecule has 1 aliphatic heterocycles. The summed E-state index contributed by atoms with van der Waals surface area (Å²) in [5.74, 6) is 0.636. The van der Waals surface area contributed by atoms with Gasteiger partial charge in [-0.05, 0) is 56.5 Å². The number of para-hydroxylation sites is 1. The van der Waals surface area contributed by atoms with Crippen molar-refractivity contribution in [1.29, 1.82) is 0 Å². The molecule has 1 atom stereocenters. The second-order valence-corrected chi connectivity index (χ2v) is 9.33. The number of nitrogens with zero attached hydrogens (tertiary/aromatic N) is 4. The van der Waals surface area contributed by atoms with Gasteiger partial charge >= 0.3 is 0 Å². The van der Waals surface area contributed by atoms with Crippen molar-refractivity contribution < 1.29 is 9.59 Å². The van der Waals surface area contributed by atoms with E-state index < -0.39 is 0 Å². The second-order valence-electron chi connectivity index (χ2n) is 9.33. The Bertz CT molecular complexity index is 1320. The van der Waals surface area contributed by atoms with Gasteiger partial charge in [-0.2, -0.15) is 5.10 Å². The topological polar surface area (TPSA) is 72.2 Å². The molecule has 5 rings (SSSR count). The van der Waals surface area contributed by atoms with Crippen LogP contribution in [-0.2, 0) is 4.79 Å². The number of carbonyl (C=O) groups is 2. The Hall–Kier alpha value is -4.13. The Kier molecular flexibility index (Phi) is 6.71. The third-order valence-corrected chi connectivity index (χ3v) is 6.91. The third-order valence-electron chi connectivity index (χ3n) is 6.91. The molecule has 2 amide bonds. The zero-order valence-electron chi connectivity index (χ0n) is 20.7. The quantitative estimate of drug-likeness (QED) is 0.434. The molecule has 1 fully saturated rings. The lowest BCUT2D eigenvalue weighted by Gasteiger charge is -2.32. The molecule has 1 saturated heterocycles. The molecule has 2 aromatic heterocycles. The summed E-state index contributed by atoms with van der Waals surface area (Å²) in [7, 11) is 0. The average Bonchev–Trinajstić information content (AvgIpc) is 3.57. The van der Waals surface area contributed by atoms with Crippen LogP contribution in [0.5, 0.6) is 0 Å². The van der Waals surface area contributed by atoms with Gasteiger partial charge in [-0.3, -0.25) is 9.59 Å². The minimum absolute atomic E-state index is 0.0464. The highest BCUT2D eigenvalue weighted by atomic mass is 16.2. The predicted octanol–water partition coefficient (Wildman–Crippen LogP) is 4.70. The van der Waals surface area contributed by atoms with Crippen LogP contribution >= 0.6 is 0 Å². The van der Waals surface area contributed by atoms with E-state index in [9.17, 15) is 9.59 Å². The van der Waals surface area contributed by atoms with Gasteiger partial charge in [-0.25, -0.2) is 4.68 Å². The van der Waals surface area contributed by atoms with Gasteiger partial charge in [0.2, 0.25) is 5.91 Å². The Morgan fingerprint density at radius 3 is 2.17 bits per heavy atom. The van der Waals surface area contributed by atoms with E-state index in [2.05, 4.69) is 5.32 Å². The van der Waals surface area contributed by atoms with Gasteiger partial charge in [-0.15, -0.1) is 0 Å². The van der Waals surface area contributed by atoms with Crippen molar-refractivity contribution in [2.45, 2.75) is 32.7 Å². The van der Waals surface area contributed by atoms with E-state index in [4.69, 9.17) is 5.10 Å². The molecular weight excluding hydrogens is 450 g/mol. The van der Waals surface area contributed by atoms with Crippen molar-refractivity contribution in [3.8, 4) is 11.5 Å². The zero-order chi connectivity index (χ0) is 25.1. The van der Waals surface area contributed by atoms with E-state index >= 15 is 0 Å². The number of hydrogen-bond donors (Lipinski definition) is 1. The highest BCUT2D eigenvalue weighted by Crippen LogP contribution is 2.27. The number of likely N-dealkylation sites (tertiary alicyclic amines) is 1. The summed E-state index contributed by atoms with van der Waals surface area (Å²) in [5, 5.41) is 7.88. The number of benzene rings is 2. The molecule has 1 aliphatic rings. The van der Waals surface area contributed by atoms with Gasteiger partial charge in [-0.1, -0.05) is 48.5 Å². The van der Waals surface area contributed by atoms with Crippen LogP contribution in [0, 0.1) is 12.8 Å².